The van der Waals surface area contributed by atoms with Crippen molar-refractivity contribution in [2.45, 2.75) is 25.7 Å². The number of anilines is 1. The largest absolute Gasteiger partial charge is 0.478 e. The average Bonchev–Trinajstić information content (AvgIpc) is 2.98. The molecule has 0 bridgehead atoms. The lowest BCUT2D eigenvalue weighted by molar-refractivity contribution is -0.131. The van der Waals surface area contributed by atoms with Crippen molar-refractivity contribution in [2.24, 2.45) is 5.92 Å². The summed E-state index contributed by atoms with van der Waals surface area (Å²) in [7, 11) is 0. The number of hydrogen-bond acceptors (Lipinski definition) is 2. The summed E-state index contributed by atoms with van der Waals surface area (Å²) in [5.41, 5.74) is 1.46. The summed E-state index contributed by atoms with van der Waals surface area (Å²) in [4.78, 5) is 22.2. The first kappa shape index (κ1) is 15.1. The molecule has 0 spiro atoms. The molecule has 2 amide bonds. The van der Waals surface area contributed by atoms with Gasteiger partial charge in [-0.15, -0.1) is 0 Å². The molecule has 0 saturated heterocycles. The van der Waals surface area contributed by atoms with E-state index in [0.29, 0.717) is 11.6 Å². The van der Waals surface area contributed by atoms with Gasteiger partial charge in [0.25, 0.3) is 0 Å². The number of urea groups is 1. The highest BCUT2D eigenvalue weighted by atomic mass is 16.4. The Kier molecular flexibility index (Phi) is 5.37. The van der Waals surface area contributed by atoms with Crippen LogP contribution in [0.4, 0.5) is 10.5 Å². The first-order valence-corrected chi connectivity index (χ1v) is 7.19. The molecular weight excluding hydrogens is 268 g/mol. The Morgan fingerprint density at radius 1 is 1.19 bits per heavy atom. The van der Waals surface area contributed by atoms with Crippen LogP contribution in [-0.2, 0) is 4.79 Å². The maximum absolute atomic E-state index is 11.8. The van der Waals surface area contributed by atoms with E-state index in [9.17, 15) is 9.59 Å². The van der Waals surface area contributed by atoms with Crippen LogP contribution in [0.2, 0.25) is 0 Å². The van der Waals surface area contributed by atoms with E-state index >= 15 is 0 Å². The van der Waals surface area contributed by atoms with Crippen molar-refractivity contribution >= 4 is 23.8 Å². The van der Waals surface area contributed by atoms with Gasteiger partial charge in [0, 0.05) is 18.3 Å². The molecule has 0 aromatic heterocycles. The van der Waals surface area contributed by atoms with Gasteiger partial charge in [0.05, 0.1) is 0 Å². The lowest BCUT2D eigenvalue weighted by Gasteiger charge is -2.11. The standard InChI is InChI=1S/C16H20N2O3/c19-15(20)10-7-12-5-8-14(9-6-12)18-16(21)17-11-13-3-1-2-4-13/h5-10,13H,1-4,11H2,(H,19,20)(H2,17,18,21). The van der Waals surface area contributed by atoms with Crippen LogP contribution < -0.4 is 10.6 Å². The summed E-state index contributed by atoms with van der Waals surface area (Å²) >= 11 is 0. The molecule has 2 rings (SSSR count). The normalized spacial score (nSPS) is 15.2. The number of nitrogens with one attached hydrogen (secondary N) is 2. The van der Waals surface area contributed by atoms with Gasteiger partial charge in [0.1, 0.15) is 0 Å². The van der Waals surface area contributed by atoms with Gasteiger partial charge in [-0.1, -0.05) is 25.0 Å². The summed E-state index contributed by atoms with van der Waals surface area (Å²) in [5.74, 6) is -0.372. The summed E-state index contributed by atoms with van der Waals surface area (Å²) in [6.07, 6.45) is 7.51. The van der Waals surface area contributed by atoms with E-state index in [-0.39, 0.29) is 6.03 Å². The van der Waals surface area contributed by atoms with E-state index in [1.54, 1.807) is 24.3 Å². The second-order valence-corrected chi connectivity index (χ2v) is 5.28. The van der Waals surface area contributed by atoms with Crippen LogP contribution in [0.3, 0.4) is 0 Å². The number of carboxylic acid groups (broad SMARTS) is 1. The number of carboxylic acids is 1. The van der Waals surface area contributed by atoms with Gasteiger partial charge >= 0.3 is 12.0 Å². The van der Waals surface area contributed by atoms with Gasteiger partial charge in [0.15, 0.2) is 0 Å². The number of amides is 2. The van der Waals surface area contributed by atoms with Crippen molar-refractivity contribution < 1.29 is 14.7 Å². The predicted molar refractivity (Wildman–Crippen MR) is 82.1 cm³/mol. The van der Waals surface area contributed by atoms with Gasteiger partial charge in [-0.25, -0.2) is 9.59 Å². The Morgan fingerprint density at radius 3 is 2.48 bits per heavy atom. The smallest absolute Gasteiger partial charge is 0.328 e. The average molecular weight is 288 g/mol. The second kappa shape index (κ2) is 7.47. The zero-order valence-electron chi connectivity index (χ0n) is 11.8. The molecule has 0 atom stereocenters. The molecule has 5 heteroatoms. The van der Waals surface area contributed by atoms with E-state index in [1.807, 2.05) is 0 Å². The summed E-state index contributed by atoms with van der Waals surface area (Å²) in [5, 5.41) is 14.2. The minimum atomic E-state index is -0.983. The first-order valence-electron chi connectivity index (χ1n) is 7.19. The molecule has 0 aliphatic heterocycles. The van der Waals surface area contributed by atoms with Crippen molar-refractivity contribution in [2.75, 3.05) is 11.9 Å². The van der Waals surface area contributed by atoms with Gasteiger partial charge in [-0.05, 0) is 42.5 Å². The van der Waals surface area contributed by atoms with E-state index in [2.05, 4.69) is 10.6 Å². The number of aliphatic carboxylic acids is 1. The quantitative estimate of drug-likeness (QED) is 0.728. The molecule has 0 radical (unpaired) electrons. The molecule has 3 N–H and O–H groups in total. The van der Waals surface area contributed by atoms with Crippen LogP contribution in [0.1, 0.15) is 31.2 Å². The molecule has 5 nitrogen and oxygen atoms in total. The molecular formula is C16H20N2O3. The molecule has 1 aliphatic rings. The Labute approximate surface area is 124 Å². The molecule has 1 aromatic rings. The Morgan fingerprint density at radius 2 is 1.86 bits per heavy atom. The fraction of sp³-hybridized carbons (Fsp3) is 0.375. The second-order valence-electron chi connectivity index (χ2n) is 5.28. The predicted octanol–water partition coefficient (Wildman–Crippen LogP) is 3.10. The molecule has 1 aliphatic carbocycles. The Balaban J connectivity index is 1.79. The number of rotatable bonds is 5. The highest BCUT2D eigenvalue weighted by molar-refractivity contribution is 5.89. The zero-order valence-corrected chi connectivity index (χ0v) is 11.8. The Hall–Kier alpha value is -2.30. The molecule has 1 fully saturated rings. The number of benzene rings is 1. The van der Waals surface area contributed by atoms with Crippen LogP contribution >= 0.6 is 0 Å². The number of hydrogen-bond donors (Lipinski definition) is 3. The topological polar surface area (TPSA) is 78.4 Å². The minimum absolute atomic E-state index is 0.198. The highest BCUT2D eigenvalue weighted by Gasteiger charge is 2.15. The van der Waals surface area contributed by atoms with Crippen molar-refractivity contribution in [3.63, 3.8) is 0 Å². The monoisotopic (exact) mass is 288 g/mol. The van der Waals surface area contributed by atoms with Crippen LogP contribution in [-0.4, -0.2) is 23.7 Å². The third-order valence-corrected chi connectivity index (χ3v) is 3.61. The van der Waals surface area contributed by atoms with Crippen LogP contribution in [0, 0.1) is 5.92 Å². The van der Waals surface area contributed by atoms with Gasteiger partial charge in [0.2, 0.25) is 0 Å². The zero-order chi connectivity index (χ0) is 15.1. The fourth-order valence-electron chi connectivity index (χ4n) is 2.47. The minimum Gasteiger partial charge on any atom is -0.478 e. The molecule has 21 heavy (non-hydrogen) atoms. The summed E-state index contributed by atoms with van der Waals surface area (Å²) in [6.45, 7) is 0.727. The van der Waals surface area contributed by atoms with Crippen molar-refractivity contribution in [3.05, 3.63) is 35.9 Å². The third kappa shape index (κ3) is 5.30. The SMILES string of the molecule is O=C(O)C=Cc1ccc(NC(=O)NCC2CCCC2)cc1. The van der Waals surface area contributed by atoms with Gasteiger partial charge < -0.3 is 15.7 Å². The van der Waals surface area contributed by atoms with E-state index in [1.165, 1.54) is 31.8 Å². The number of carbonyl (C=O) groups excluding carboxylic acids is 1. The molecule has 0 heterocycles. The maximum Gasteiger partial charge on any atom is 0.328 e. The maximum atomic E-state index is 11.8. The molecule has 112 valence electrons. The lowest BCUT2D eigenvalue weighted by atomic mass is 10.1. The van der Waals surface area contributed by atoms with E-state index in [4.69, 9.17) is 5.11 Å². The third-order valence-electron chi connectivity index (χ3n) is 3.61. The summed E-state index contributed by atoms with van der Waals surface area (Å²) < 4.78 is 0. The fourth-order valence-corrected chi connectivity index (χ4v) is 2.47. The van der Waals surface area contributed by atoms with Crippen molar-refractivity contribution in [1.29, 1.82) is 0 Å². The van der Waals surface area contributed by atoms with Crippen molar-refractivity contribution in [3.8, 4) is 0 Å². The lowest BCUT2D eigenvalue weighted by Crippen LogP contribution is -2.32. The van der Waals surface area contributed by atoms with E-state index < -0.39 is 5.97 Å². The molecule has 1 saturated carbocycles. The first-order chi connectivity index (χ1) is 10.1. The van der Waals surface area contributed by atoms with Gasteiger partial charge in [-0.2, -0.15) is 0 Å². The Bertz CT molecular complexity index is 517. The highest BCUT2D eigenvalue weighted by Crippen LogP contribution is 2.23. The number of carbonyl (C=O) groups is 2. The molecule has 1 aromatic carbocycles. The van der Waals surface area contributed by atoms with Gasteiger partial charge in [-0.3, -0.25) is 0 Å². The van der Waals surface area contributed by atoms with Crippen LogP contribution in [0.5, 0.6) is 0 Å². The van der Waals surface area contributed by atoms with E-state index in [0.717, 1.165) is 18.2 Å². The van der Waals surface area contributed by atoms with Crippen LogP contribution in [0.25, 0.3) is 6.08 Å². The summed E-state index contributed by atoms with van der Waals surface area (Å²) in [6, 6.07) is 6.81. The molecule has 0 unspecified atom stereocenters. The van der Waals surface area contributed by atoms with Crippen molar-refractivity contribution in [1.82, 2.24) is 5.32 Å². The van der Waals surface area contributed by atoms with Crippen LogP contribution in [0.15, 0.2) is 30.3 Å².